The second-order valence-corrected chi connectivity index (χ2v) is 9.29. The van der Waals surface area contributed by atoms with Gasteiger partial charge >= 0.3 is 6.09 Å². The summed E-state index contributed by atoms with van der Waals surface area (Å²) in [6, 6.07) is 15.2. The van der Waals surface area contributed by atoms with Gasteiger partial charge in [-0.1, -0.05) is 36.4 Å². The number of carbonyl (C=O) groups excluding carboxylic acids is 1. The van der Waals surface area contributed by atoms with Gasteiger partial charge in [0.05, 0.1) is 26.5 Å². The number of piperidine rings is 1. The largest absolute Gasteiger partial charge is 0.497 e. The Morgan fingerprint density at radius 1 is 1.13 bits per heavy atom. The van der Waals surface area contributed by atoms with E-state index in [1.807, 2.05) is 42.5 Å². The van der Waals surface area contributed by atoms with Crippen LogP contribution >= 0.6 is 0 Å². The number of hydrogen-bond acceptors (Lipinski definition) is 5. The van der Waals surface area contributed by atoms with Crippen molar-refractivity contribution in [1.82, 2.24) is 9.62 Å². The zero-order valence-electron chi connectivity index (χ0n) is 17.5. The number of sulfonamides is 1. The van der Waals surface area contributed by atoms with Crippen LogP contribution in [0.15, 0.2) is 48.5 Å². The summed E-state index contributed by atoms with van der Waals surface area (Å²) >= 11 is 0. The number of rotatable bonds is 6. The maximum absolute atomic E-state index is 12.4. The van der Waals surface area contributed by atoms with Gasteiger partial charge in [-0.05, 0) is 48.1 Å². The number of nitrogens with one attached hydrogen (secondary N) is 1. The quantitative estimate of drug-likeness (QED) is 0.758. The van der Waals surface area contributed by atoms with Gasteiger partial charge in [0.1, 0.15) is 5.75 Å². The Bertz CT molecular complexity index is 993. The smallest absolute Gasteiger partial charge is 0.409 e. The van der Waals surface area contributed by atoms with Crippen molar-refractivity contribution in [3.8, 4) is 16.9 Å². The zero-order chi connectivity index (χ0) is 21.7. The van der Waals surface area contributed by atoms with Crippen LogP contribution in [0.1, 0.15) is 18.4 Å². The normalized spacial score (nSPS) is 19.4. The molecular weight excluding hydrogens is 404 g/mol. The molecular formula is C22H28N2O5S. The van der Waals surface area contributed by atoms with E-state index in [1.54, 1.807) is 12.0 Å². The first-order valence-corrected chi connectivity index (χ1v) is 11.7. The highest BCUT2D eigenvalue weighted by molar-refractivity contribution is 7.88. The molecule has 0 unspecified atom stereocenters. The molecule has 1 N–H and O–H groups in total. The number of likely N-dealkylation sites (tertiary alicyclic amines) is 1. The summed E-state index contributed by atoms with van der Waals surface area (Å²) in [6.07, 6.45) is 2.60. The predicted molar refractivity (Wildman–Crippen MR) is 116 cm³/mol. The Labute approximate surface area is 178 Å². The van der Waals surface area contributed by atoms with E-state index >= 15 is 0 Å². The van der Waals surface area contributed by atoms with Crippen molar-refractivity contribution in [3.63, 3.8) is 0 Å². The minimum atomic E-state index is -3.41. The molecule has 2 aromatic rings. The van der Waals surface area contributed by atoms with Crippen LogP contribution < -0.4 is 9.46 Å². The summed E-state index contributed by atoms with van der Waals surface area (Å²) in [6.45, 7) is 0.537. The molecule has 1 saturated heterocycles. The molecule has 1 amide bonds. The van der Waals surface area contributed by atoms with Crippen LogP contribution in [0.3, 0.4) is 0 Å². The van der Waals surface area contributed by atoms with Gasteiger partial charge in [-0.25, -0.2) is 17.9 Å². The monoisotopic (exact) mass is 432 g/mol. The number of methoxy groups -OCH3 is 2. The summed E-state index contributed by atoms with van der Waals surface area (Å²) in [5, 5.41) is 0. The van der Waals surface area contributed by atoms with E-state index in [-0.39, 0.29) is 12.1 Å². The van der Waals surface area contributed by atoms with E-state index in [2.05, 4.69) is 10.8 Å². The van der Waals surface area contributed by atoms with Crippen LogP contribution in [0, 0.1) is 0 Å². The Morgan fingerprint density at radius 2 is 1.83 bits per heavy atom. The molecule has 1 aliphatic rings. The fourth-order valence-corrected chi connectivity index (χ4v) is 4.81. The average molecular weight is 433 g/mol. The summed E-state index contributed by atoms with van der Waals surface area (Å²) in [5.41, 5.74) is 3.06. The maximum atomic E-state index is 12.4. The predicted octanol–water partition coefficient (Wildman–Crippen LogP) is 3.05. The third kappa shape index (κ3) is 5.52. The lowest BCUT2D eigenvalue weighted by Gasteiger charge is -2.40. The van der Waals surface area contributed by atoms with Crippen LogP contribution in [0.25, 0.3) is 11.1 Å². The number of ether oxygens (including phenoxy) is 2. The number of nitrogens with zero attached hydrogens (tertiary/aromatic N) is 1. The molecule has 1 heterocycles. The number of carbonyl (C=O) groups is 1. The molecule has 0 bridgehead atoms. The molecule has 0 aromatic heterocycles. The van der Waals surface area contributed by atoms with Crippen molar-refractivity contribution in [1.29, 1.82) is 0 Å². The Balaban J connectivity index is 1.90. The average Bonchev–Trinajstić information content (AvgIpc) is 2.73. The summed E-state index contributed by atoms with van der Waals surface area (Å²) in [4.78, 5) is 14.0. The van der Waals surface area contributed by atoms with E-state index in [1.165, 1.54) is 7.11 Å². The number of hydrogen-bond donors (Lipinski definition) is 1. The second kappa shape index (κ2) is 9.49. The first-order chi connectivity index (χ1) is 14.3. The Kier molecular flexibility index (Phi) is 6.99. The molecule has 2 aromatic carbocycles. The first kappa shape index (κ1) is 22.1. The van der Waals surface area contributed by atoms with Crippen molar-refractivity contribution >= 4 is 16.1 Å². The number of amides is 1. The third-order valence-corrected chi connectivity index (χ3v) is 6.06. The van der Waals surface area contributed by atoms with Gasteiger partial charge in [-0.15, -0.1) is 0 Å². The van der Waals surface area contributed by atoms with Gasteiger partial charge in [-0.2, -0.15) is 0 Å². The van der Waals surface area contributed by atoms with Crippen LogP contribution in [0.2, 0.25) is 0 Å². The van der Waals surface area contributed by atoms with Gasteiger partial charge in [0.2, 0.25) is 10.0 Å². The van der Waals surface area contributed by atoms with Gasteiger partial charge in [0, 0.05) is 12.6 Å². The zero-order valence-corrected chi connectivity index (χ0v) is 18.3. The van der Waals surface area contributed by atoms with Crippen molar-refractivity contribution in [3.05, 3.63) is 54.1 Å². The van der Waals surface area contributed by atoms with Crippen LogP contribution in [0.5, 0.6) is 5.75 Å². The molecule has 0 saturated carbocycles. The number of benzene rings is 2. The molecule has 162 valence electrons. The minimum absolute atomic E-state index is 0.332. The summed E-state index contributed by atoms with van der Waals surface area (Å²) in [7, 11) is -0.429. The van der Waals surface area contributed by atoms with Crippen LogP contribution in [-0.4, -0.2) is 58.5 Å². The SMILES string of the molecule is COC(=O)N1CCC[C@@H](NS(C)(=O)=O)[C@H]1Cc1cccc(-c2cccc(OC)c2)c1. The molecule has 8 heteroatoms. The van der Waals surface area contributed by atoms with Crippen LogP contribution in [-0.2, 0) is 21.2 Å². The van der Waals surface area contributed by atoms with E-state index in [0.29, 0.717) is 25.8 Å². The van der Waals surface area contributed by atoms with Crippen molar-refractivity contribution in [2.24, 2.45) is 0 Å². The molecule has 30 heavy (non-hydrogen) atoms. The minimum Gasteiger partial charge on any atom is -0.497 e. The fraction of sp³-hybridized carbons (Fsp3) is 0.409. The highest BCUT2D eigenvalue weighted by Crippen LogP contribution is 2.27. The molecule has 7 nitrogen and oxygen atoms in total. The van der Waals surface area contributed by atoms with E-state index in [0.717, 1.165) is 28.7 Å². The molecule has 1 fully saturated rings. The van der Waals surface area contributed by atoms with Gasteiger partial charge in [-0.3, -0.25) is 0 Å². The van der Waals surface area contributed by atoms with E-state index < -0.39 is 16.1 Å². The Morgan fingerprint density at radius 3 is 2.50 bits per heavy atom. The van der Waals surface area contributed by atoms with Gasteiger partial charge in [0.25, 0.3) is 0 Å². The molecule has 0 aliphatic carbocycles. The second-order valence-electron chi connectivity index (χ2n) is 7.51. The molecule has 0 spiro atoms. The molecule has 2 atom stereocenters. The molecule has 0 radical (unpaired) electrons. The van der Waals surface area contributed by atoms with Crippen molar-refractivity contribution in [2.45, 2.75) is 31.3 Å². The molecule has 3 rings (SSSR count). The highest BCUT2D eigenvalue weighted by Gasteiger charge is 2.36. The first-order valence-electron chi connectivity index (χ1n) is 9.86. The topological polar surface area (TPSA) is 84.9 Å². The summed E-state index contributed by atoms with van der Waals surface area (Å²) < 4.78 is 36.7. The highest BCUT2D eigenvalue weighted by atomic mass is 32.2. The lowest BCUT2D eigenvalue weighted by molar-refractivity contribution is 0.0792. The standard InChI is InChI=1S/C22H28N2O5S/c1-28-19-10-5-9-18(15-19)17-8-4-7-16(13-17)14-21-20(23-30(3,26)27)11-6-12-24(21)22(25)29-2/h4-5,7-10,13,15,20-21,23H,6,11-12,14H2,1-3H3/t20-,21-/m1/s1. The van der Waals surface area contributed by atoms with Crippen molar-refractivity contribution < 1.29 is 22.7 Å². The van der Waals surface area contributed by atoms with Gasteiger partial charge < -0.3 is 14.4 Å². The van der Waals surface area contributed by atoms with E-state index in [9.17, 15) is 13.2 Å². The van der Waals surface area contributed by atoms with E-state index in [4.69, 9.17) is 9.47 Å². The van der Waals surface area contributed by atoms with Crippen LogP contribution in [0.4, 0.5) is 4.79 Å². The van der Waals surface area contributed by atoms with Crippen molar-refractivity contribution in [2.75, 3.05) is 27.0 Å². The fourth-order valence-electron chi connectivity index (χ4n) is 3.99. The molecule has 1 aliphatic heterocycles. The summed E-state index contributed by atoms with van der Waals surface area (Å²) in [5.74, 6) is 0.777. The lowest BCUT2D eigenvalue weighted by Crippen LogP contribution is -2.57. The third-order valence-electron chi connectivity index (χ3n) is 5.33. The lowest BCUT2D eigenvalue weighted by atomic mass is 9.90. The van der Waals surface area contributed by atoms with Gasteiger partial charge in [0.15, 0.2) is 0 Å². The maximum Gasteiger partial charge on any atom is 0.409 e. The Hall–Kier alpha value is -2.58.